The third kappa shape index (κ3) is 3.70. The summed E-state index contributed by atoms with van der Waals surface area (Å²) in [5.74, 6) is -0.826. The Morgan fingerprint density at radius 2 is 2.00 bits per heavy atom. The minimum atomic E-state index is -0.485. The number of fused-ring (bicyclic) bond motifs is 1. The van der Waals surface area contributed by atoms with Gasteiger partial charge in [0.05, 0.1) is 5.69 Å². The van der Waals surface area contributed by atoms with Crippen molar-refractivity contribution < 1.29 is 9.18 Å². The lowest BCUT2D eigenvalue weighted by atomic mass is 10.1. The van der Waals surface area contributed by atoms with Crippen LogP contribution in [0.5, 0.6) is 0 Å². The van der Waals surface area contributed by atoms with Gasteiger partial charge in [-0.2, -0.15) is 0 Å². The van der Waals surface area contributed by atoms with E-state index in [2.05, 4.69) is 11.1 Å². The molecule has 2 N–H and O–H groups in total. The lowest BCUT2D eigenvalue weighted by molar-refractivity contribution is 0.1000. The Labute approximate surface area is 164 Å². The van der Waals surface area contributed by atoms with E-state index in [0.29, 0.717) is 22.7 Å². The number of carbonyl (C=O) groups is 1. The summed E-state index contributed by atoms with van der Waals surface area (Å²) in [5, 5.41) is 1.46. The van der Waals surface area contributed by atoms with Crippen molar-refractivity contribution in [3.05, 3.63) is 87.6 Å². The van der Waals surface area contributed by atoms with Gasteiger partial charge in [0, 0.05) is 38.3 Å². The van der Waals surface area contributed by atoms with Crippen LogP contribution < -0.4 is 5.73 Å². The molecule has 0 unspecified atom stereocenters. The number of benzene rings is 2. The molecular weight excluding hydrogens is 383 g/mol. The molecule has 134 valence electrons. The van der Waals surface area contributed by atoms with Gasteiger partial charge in [0.2, 0.25) is 5.91 Å². The Morgan fingerprint density at radius 1 is 1.15 bits per heavy atom. The maximum Gasteiger partial charge on any atom is 0.248 e. The fourth-order valence-electron chi connectivity index (χ4n) is 3.05. The number of hydrogen-bond donors (Lipinski definition) is 1. The molecule has 27 heavy (non-hydrogen) atoms. The van der Waals surface area contributed by atoms with Crippen LogP contribution in [0.4, 0.5) is 4.39 Å². The van der Waals surface area contributed by atoms with Crippen molar-refractivity contribution in [2.24, 2.45) is 5.73 Å². The quantitative estimate of drug-likeness (QED) is 0.499. The fourth-order valence-corrected chi connectivity index (χ4v) is 4.51. The van der Waals surface area contributed by atoms with Crippen LogP contribution in [0.2, 0.25) is 5.02 Å². The van der Waals surface area contributed by atoms with E-state index in [4.69, 9.17) is 17.3 Å². The second-order valence-electron chi connectivity index (χ2n) is 6.19. The number of nitrogens with zero attached hydrogens (tertiary/aromatic N) is 1. The first-order chi connectivity index (χ1) is 13.0. The van der Waals surface area contributed by atoms with Gasteiger partial charge in [-0.25, -0.2) is 4.39 Å². The third-order valence-corrected chi connectivity index (χ3v) is 5.62. The monoisotopic (exact) mass is 396 g/mol. The Bertz CT molecular complexity index is 1150. The van der Waals surface area contributed by atoms with Crippen LogP contribution in [0.1, 0.15) is 20.8 Å². The summed E-state index contributed by atoms with van der Waals surface area (Å²) < 4.78 is 14.7. The summed E-state index contributed by atoms with van der Waals surface area (Å²) in [4.78, 5) is 16.9. The van der Waals surface area contributed by atoms with Crippen LogP contribution >= 0.6 is 22.9 Å². The van der Waals surface area contributed by atoms with Gasteiger partial charge in [-0.1, -0.05) is 29.8 Å². The molecule has 0 radical (unpaired) electrons. The van der Waals surface area contributed by atoms with Crippen LogP contribution in [0.3, 0.4) is 0 Å². The van der Waals surface area contributed by atoms with Crippen molar-refractivity contribution >= 4 is 38.9 Å². The molecule has 4 rings (SSSR count). The summed E-state index contributed by atoms with van der Waals surface area (Å²) in [6, 6.07) is 15.9. The van der Waals surface area contributed by atoms with E-state index in [1.54, 1.807) is 35.7 Å². The van der Waals surface area contributed by atoms with Gasteiger partial charge in [-0.3, -0.25) is 9.78 Å². The molecule has 2 aromatic carbocycles. The van der Waals surface area contributed by atoms with E-state index in [1.165, 1.54) is 12.1 Å². The first kappa shape index (κ1) is 17.6. The molecule has 0 saturated carbocycles. The molecule has 0 bridgehead atoms. The molecule has 0 saturated heterocycles. The van der Waals surface area contributed by atoms with Crippen LogP contribution in [0, 0.1) is 5.82 Å². The van der Waals surface area contributed by atoms with Crippen molar-refractivity contribution in [2.75, 3.05) is 0 Å². The molecule has 6 heteroatoms. The van der Waals surface area contributed by atoms with Crippen LogP contribution in [0.15, 0.2) is 60.8 Å². The Kier molecular flexibility index (Phi) is 4.64. The summed E-state index contributed by atoms with van der Waals surface area (Å²) in [6.07, 6.45) is 2.17. The van der Waals surface area contributed by atoms with Crippen molar-refractivity contribution in [1.82, 2.24) is 4.98 Å². The molecule has 0 aliphatic heterocycles. The largest absolute Gasteiger partial charge is 0.366 e. The Hall–Kier alpha value is -2.76. The molecule has 0 aliphatic rings. The second kappa shape index (κ2) is 7.10. The van der Waals surface area contributed by atoms with E-state index in [9.17, 15) is 9.18 Å². The van der Waals surface area contributed by atoms with E-state index in [-0.39, 0.29) is 5.82 Å². The average molecular weight is 397 g/mol. The topological polar surface area (TPSA) is 56.0 Å². The SMILES string of the molecule is NC(=O)c1ccnc(-c2cccc3cc(Cc4cc(F)cc(Cl)c4)sc23)c1. The highest BCUT2D eigenvalue weighted by Crippen LogP contribution is 2.35. The summed E-state index contributed by atoms with van der Waals surface area (Å²) >= 11 is 7.58. The fraction of sp³-hybridized carbons (Fsp3) is 0.0476. The summed E-state index contributed by atoms with van der Waals surface area (Å²) in [7, 11) is 0. The summed E-state index contributed by atoms with van der Waals surface area (Å²) in [6.45, 7) is 0. The maximum atomic E-state index is 13.6. The molecule has 0 aliphatic carbocycles. The third-order valence-electron chi connectivity index (χ3n) is 4.22. The number of pyridine rings is 1. The number of amides is 1. The predicted molar refractivity (Wildman–Crippen MR) is 108 cm³/mol. The standard InChI is InChI=1S/C21H14ClFN2OS/c22-15-6-12(7-16(23)11-15)8-17-9-13-2-1-3-18(20(13)27-17)19-10-14(21(24)26)4-5-25-19/h1-7,9-11H,8H2,(H2,24,26). The van der Waals surface area contributed by atoms with Gasteiger partial charge in [0.15, 0.2) is 0 Å². The minimum Gasteiger partial charge on any atom is -0.366 e. The maximum absolute atomic E-state index is 13.6. The Balaban J connectivity index is 1.76. The van der Waals surface area contributed by atoms with E-state index in [0.717, 1.165) is 26.1 Å². The molecule has 4 aromatic rings. The molecule has 0 spiro atoms. The zero-order valence-electron chi connectivity index (χ0n) is 14.1. The zero-order chi connectivity index (χ0) is 19.0. The van der Waals surface area contributed by atoms with Gasteiger partial charge < -0.3 is 5.73 Å². The number of aromatic nitrogens is 1. The zero-order valence-corrected chi connectivity index (χ0v) is 15.7. The van der Waals surface area contributed by atoms with Crippen LogP contribution in [-0.2, 0) is 6.42 Å². The number of rotatable bonds is 4. The number of halogens is 2. The van der Waals surface area contributed by atoms with Gasteiger partial charge in [-0.15, -0.1) is 11.3 Å². The molecule has 2 aromatic heterocycles. The number of nitrogens with two attached hydrogens (primary N) is 1. The van der Waals surface area contributed by atoms with Crippen LogP contribution in [-0.4, -0.2) is 10.9 Å². The number of hydrogen-bond acceptors (Lipinski definition) is 3. The average Bonchev–Trinajstić information content (AvgIpc) is 3.03. The van der Waals surface area contributed by atoms with Gasteiger partial charge in [0.25, 0.3) is 0 Å². The van der Waals surface area contributed by atoms with Crippen molar-refractivity contribution in [2.45, 2.75) is 6.42 Å². The predicted octanol–water partition coefficient (Wildman–Crippen LogP) is 5.45. The summed E-state index contributed by atoms with van der Waals surface area (Å²) in [5.41, 5.74) is 8.25. The second-order valence-corrected chi connectivity index (χ2v) is 7.76. The van der Waals surface area contributed by atoms with E-state index in [1.807, 2.05) is 18.2 Å². The van der Waals surface area contributed by atoms with Gasteiger partial charge in [0.1, 0.15) is 5.82 Å². The number of primary amides is 1. The molecule has 3 nitrogen and oxygen atoms in total. The number of thiophene rings is 1. The highest BCUT2D eigenvalue weighted by atomic mass is 35.5. The first-order valence-corrected chi connectivity index (χ1v) is 9.42. The minimum absolute atomic E-state index is 0.341. The van der Waals surface area contributed by atoms with Crippen molar-refractivity contribution in [1.29, 1.82) is 0 Å². The lowest BCUT2D eigenvalue weighted by Crippen LogP contribution is -2.10. The molecule has 0 fully saturated rings. The smallest absolute Gasteiger partial charge is 0.248 e. The highest BCUT2D eigenvalue weighted by Gasteiger charge is 2.12. The molecule has 2 heterocycles. The first-order valence-electron chi connectivity index (χ1n) is 8.22. The highest BCUT2D eigenvalue weighted by molar-refractivity contribution is 7.19. The molecule has 1 amide bonds. The van der Waals surface area contributed by atoms with Crippen molar-refractivity contribution in [3.63, 3.8) is 0 Å². The molecular formula is C21H14ClFN2OS. The van der Waals surface area contributed by atoms with E-state index >= 15 is 0 Å². The lowest BCUT2D eigenvalue weighted by Gasteiger charge is -2.04. The van der Waals surface area contributed by atoms with E-state index < -0.39 is 5.91 Å². The van der Waals surface area contributed by atoms with Gasteiger partial charge in [-0.05, 0) is 47.3 Å². The molecule has 0 atom stereocenters. The Morgan fingerprint density at radius 3 is 2.78 bits per heavy atom. The van der Waals surface area contributed by atoms with Crippen LogP contribution in [0.25, 0.3) is 21.3 Å². The normalized spacial score (nSPS) is 11.0. The number of carbonyl (C=O) groups excluding carboxylic acids is 1. The van der Waals surface area contributed by atoms with Gasteiger partial charge >= 0.3 is 0 Å². The van der Waals surface area contributed by atoms with Crippen molar-refractivity contribution in [3.8, 4) is 11.3 Å².